The van der Waals surface area contributed by atoms with Crippen molar-refractivity contribution in [1.82, 2.24) is 30.0 Å². The number of piperidine rings is 1. The predicted molar refractivity (Wildman–Crippen MR) is 157 cm³/mol. The molecule has 0 spiro atoms. The first kappa shape index (κ1) is 26.0. The van der Waals surface area contributed by atoms with E-state index in [9.17, 15) is 4.79 Å². The summed E-state index contributed by atoms with van der Waals surface area (Å²) < 4.78 is 1.30. The summed E-state index contributed by atoms with van der Waals surface area (Å²) in [4.78, 5) is 27.6. The van der Waals surface area contributed by atoms with Crippen molar-refractivity contribution in [3.05, 3.63) is 74.8 Å². The molecule has 4 heterocycles. The zero-order valence-corrected chi connectivity index (χ0v) is 23.2. The van der Waals surface area contributed by atoms with Crippen LogP contribution < -0.4 is 21.1 Å². The zero-order valence-electron chi connectivity index (χ0n) is 21.7. The summed E-state index contributed by atoms with van der Waals surface area (Å²) >= 11 is 12.9. The van der Waals surface area contributed by atoms with Gasteiger partial charge < -0.3 is 20.4 Å². The number of aromatic nitrogens is 4. The topological polar surface area (TPSA) is 91.2 Å². The van der Waals surface area contributed by atoms with Gasteiger partial charge in [-0.1, -0.05) is 29.3 Å². The van der Waals surface area contributed by atoms with Crippen LogP contribution in [0.2, 0.25) is 10.0 Å². The maximum atomic E-state index is 13.6. The van der Waals surface area contributed by atoms with Crippen LogP contribution in [-0.4, -0.2) is 71.0 Å². The number of halogens is 2. The SMILES string of the molecule is CN1CCN(c2ccc(Nc3ncc4c(=O)n(-c5c(Cl)cccc5Cl)nc(C5CCNCC5)c4n3)cc2)CC1. The number of hydrogen-bond acceptors (Lipinski definition) is 8. The first-order chi connectivity index (χ1) is 19.0. The van der Waals surface area contributed by atoms with E-state index in [0.29, 0.717) is 32.6 Å². The van der Waals surface area contributed by atoms with Crippen LogP contribution in [0.25, 0.3) is 16.6 Å². The molecule has 2 aliphatic rings. The third kappa shape index (κ3) is 5.32. The third-order valence-electron chi connectivity index (χ3n) is 7.53. The lowest BCUT2D eigenvalue weighted by molar-refractivity contribution is 0.313. The summed E-state index contributed by atoms with van der Waals surface area (Å²) in [5, 5.41) is 12.6. The fourth-order valence-corrected chi connectivity index (χ4v) is 5.83. The number of nitrogens with one attached hydrogen (secondary N) is 2. The van der Waals surface area contributed by atoms with Crippen molar-refractivity contribution in [3.8, 4) is 5.69 Å². The predicted octanol–water partition coefficient (Wildman–Crippen LogP) is 4.44. The van der Waals surface area contributed by atoms with E-state index in [-0.39, 0.29) is 11.5 Å². The number of fused-ring (bicyclic) bond motifs is 1. The van der Waals surface area contributed by atoms with Crippen molar-refractivity contribution in [2.24, 2.45) is 0 Å². The Bertz CT molecular complexity index is 1520. The lowest BCUT2D eigenvalue weighted by Gasteiger charge is -2.34. The summed E-state index contributed by atoms with van der Waals surface area (Å²) in [6, 6.07) is 13.4. The van der Waals surface area contributed by atoms with Crippen LogP contribution in [0.3, 0.4) is 0 Å². The lowest BCUT2D eigenvalue weighted by atomic mass is 9.93. The van der Waals surface area contributed by atoms with Crippen LogP contribution in [0.4, 0.5) is 17.3 Å². The second-order valence-electron chi connectivity index (χ2n) is 10.1. The van der Waals surface area contributed by atoms with Gasteiger partial charge in [0.05, 0.1) is 21.1 Å². The smallest absolute Gasteiger partial charge is 0.282 e. The molecule has 2 aromatic heterocycles. The van der Waals surface area contributed by atoms with Gasteiger partial charge in [0.2, 0.25) is 5.95 Å². The summed E-state index contributed by atoms with van der Waals surface area (Å²) in [5.41, 5.74) is 3.38. The van der Waals surface area contributed by atoms with Crippen molar-refractivity contribution in [3.63, 3.8) is 0 Å². The molecule has 0 radical (unpaired) electrons. The van der Waals surface area contributed by atoms with Crippen molar-refractivity contribution in [2.45, 2.75) is 18.8 Å². The summed E-state index contributed by atoms with van der Waals surface area (Å²) in [6.45, 7) is 5.89. The Hall–Kier alpha value is -3.24. The van der Waals surface area contributed by atoms with Crippen molar-refractivity contribution >= 4 is 51.4 Å². The Labute approximate surface area is 236 Å². The highest BCUT2D eigenvalue weighted by atomic mass is 35.5. The van der Waals surface area contributed by atoms with Crippen LogP contribution in [0, 0.1) is 0 Å². The van der Waals surface area contributed by atoms with E-state index in [4.69, 9.17) is 33.3 Å². The number of anilines is 3. The van der Waals surface area contributed by atoms with Crippen molar-refractivity contribution in [1.29, 1.82) is 0 Å². The van der Waals surface area contributed by atoms with Gasteiger partial charge in [0.25, 0.3) is 5.56 Å². The molecule has 0 unspecified atom stereocenters. The molecule has 11 heteroatoms. The van der Waals surface area contributed by atoms with E-state index in [2.05, 4.69) is 44.6 Å². The fourth-order valence-electron chi connectivity index (χ4n) is 5.27. The van der Waals surface area contributed by atoms with Crippen molar-refractivity contribution in [2.75, 3.05) is 56.5 Å². The van der Waals surface area contributed by atoms with E-state index in [0.717, 1.165) is 63.5 Å². The molecule has 39 heavy (non-hydrogen) atoms. The van der Waals surface area contributed by atoms with Gasteiger partial charge >= 0.3 is 0 Å². The average Bonchev–Trinajstić information content (AvgIpc) is 2.95. The largest absolute Gasteiger partial charge is 0.369 e. The third-order valence-corrected chi connectivity index (χ3v) is 8.14. The van der Waals surface area contributed by atoms with Gasteiger partial charge in [-0.15, -0.1) is 0 Å². The molecular weight excluding hydrogens is 535 g/mol. The zero-order chi connectivity index (χ0) is 26.9. The number of benzene rings is 2. The number of para-hydroxylation sites is 1. The normalized spacial score (nSPS) is 17.1. The second kappa shape index (κ2) is 11.1. The quantitative estimate of drug-likeness (QED) is 0.367. The Kier molecular flexibility index (Phi) is 7.40. The van der Waals surface area contributed by atoms with E-state index in [1.165, 1.54) is 10.4 Å². The maximum absolute atomic E-state index is 13.6. The molecule has 0 saturated carbocycles. The van der Waals surface area contributed by atoms with Gasteiger partial charge in [-0.05, 0) is 69.4 Å². The molecule has 0 atom stereocenters. The molecule has 2 saturated heterocycles. The number of piperazine rings is 1. The number of likely N-dealkylation sites (N-methyl/N-ethyl adjacent to an activating group) is 1. The van der Waals surface area contributed by atoms with Crippen LogP contribution in [-0.2, 0) is 0 Å². The number of rotatable bonds is 5. The van der Waals surface area contributed by atoms with E-state index in [1.54, 1.807) is 24.4 Å². The molecule has 0 amide bonds. The summed E-state index contributed by atoms with van der Waals surface area (Å²) in [7, 11) is 2.15. The molecule has 2 aromatic carbocycles. The van der Waals surface area contributed by atoms with Gasteiger partial charge in [0.1, 0.15) is 11.2 Å². The van der Waals surface area contributed by atoms with Gasteiger partial charge in [0.15, 0.2) is 0 Å². The number of nitrogens with zero attached hydrogens (tertiary/aromatic N) is 6. The van der Waals surface area contributed by atoms with Gasteiger partial charge in [-0.25, -0.2) is 9.97 Å². The van der Waals surface area contributed by atoms with Gasteiger partial charge in [-0.2, -0.15) is 9.78 Å². The first-order valence-corrected chi connectivity index (χ1v) is 14.0. The number of hydrogen-bond donors (Lipinski definition) is 2. The molecular formula is C28H30Cl2N8O. The molecule has 0 bridgehead atoms. The maximum Gasteiger partial charge on any atom is 0.282 e. The fraction of sp³-hybridized carbons (Fsp3) is 0.357. The summed E-state index contributed by atoms with van der Waals surface area (Å²) in [5.74, 6) is 0.548. The second-order valence-corrected chi connectivity index (χ2v) is 10.9. The molecule has 4 aromatic rings. The molecule has 6 rings (SSSR count). The van der Waals surface area contributed by atoms with Crippen LogP contribution >= 0.6 is 23.2 Å². The average molecular weight is 566 g/mol. The minimum absolute atomic E-state index is 0.132. The molecule has 202 valence electrons. The highest BCUT2D eigenvalue weighted by molar-refractivity contribution is 6.37. The standard InChI is InChI=1S/C28H30Cl2N8O/c1-36-13-15-37(16-14-36)20-7-5-19(6-8-20)33-28-32-17-21-25(34-28)24(18-9-11-31-12-10-18)35-38(27(21)39)26-22(29)3-2-4-23(26)30/h2-8,17-18,31H,9-16H2,1H3,(H,32,33,34). The Morgan fingerprint density at radius 3 is 2.36 bits per heavy atom. The minimum atomic E-state index is -0.360. The van der Waals surface area contributed by atoms with Crippen LogP contribution in [0.15, 0.2) is 53.5 Å². The Morgan fingerprint density at radius 2 is 1.67 bits per heavy atom. The Balaban J connectivity index is 1.36. The van der Waals surface area contributed by atoms with E-state index >= 15 is 0 Å². The van der Waals surface area contributed by atoms with E-state index < -0.39 is 0 Å². The highest BCUT2D eigenvalue weighted by Crippen LogP contribution is 2.31. The molecule has 2 fully saturated rings. The van der Waals surface area contributed by atoms with E-state index in [1.807, 2.05) is 12.1 Å². The lowest BCUT2D eigenvalue weighted by Crippen LogP contribution is -2.44. The molecule has 9 nitrogen and oxygen atoms in total. The summed E-state index contributed by atoms with van der Waals surface area (Å²) in [6.07, 6.45) is 3.34. The van der Waals surface area contributed by atoms with Gasteiger partial charge in [-0.3, -0.25) is 4.79 Å². The monoisotopic (exact) mass is 564 g/mol. The van der Waals surface area contributed by atoms with Crippen molar-refractivity contribution < 1.29 is 0 Å². The van der Waals surface area contributed by atoms with Crippen LogP contribution in [0.5, 0.6) is 0 Å². The Morgan fingerprint density at radius 1 is 0.974 bits per heavy atom. The molecule has 0 aliphatic carbocycles. The minimum Gasteiger partial charge on any atom is -0.369 e. The van der Waals surface area contributed by atoms with Crippen LogP contribution in [0.1, 0.15) is 24.5 Å². The van der Waals surface area contributed by atoms with Gasteiger partial charge in [0, 0.05) is 49.7 Å². The first-order valence-electron chi connectivity index (χ1n) is 13.2. The molecule has 2 N–H and O–H groups in total. The highest BCUT2D eigenvalue weighted by Gasteiger charge is 2.25. The molecule has 2 aliphatic heterocycles.